The number of carbonyl (C=O) groups is 1. The zero-order valence-corrected chi connectivity index (χ0v) is 20.5. The number of carbonyl (C=O) groups excluding carboxylic acids is 1. The van der Waals surface area contributed by atoms with Crippen LogP contribution in [0, 0.1) is 6.92 Å². The highest BCUT2D eigenvalue weighted by Crippen LogP contribution is 2.34. The number of rotatable bonds is 6. The monoisotopic (exact) mass is 459 g/mol. The van der Waals surface area contributed by atoms with Crippen molar-refractivity contribution in [1.82, 2.24) is 14.7 Å². The number of benzene rings is 2. The molecule has 0 saturated carbocycles. The van der Waals surface area contributed by atoms with Crippen LogP contribution in [-0.4, -0.2) is 23.0 Å². The number of fused-ring (bicyclic) bond motifs is 1. The van der Waals surface area contributed by atoms with E-state index in [-0.39, 0.29) is 11.3 Å². The zero-order valence-electron chi connectivity index (χ0n) is 19.7. The van der Waals surface area contributed by atoms with Crippen molar-refractivity contribution in [3.8, 4) is 5.75 Å². The predicted molar refractivity (Wildman–Crippen MR) is 135 cm³/mol. The van der Waals surface area contributed by atoms with Crippen molar-refractivity contribution in [2.24, 2.45) is 0 Å². The second-order valence-electron chi connectivity index (χ2n) is 9.13. The van der Waals surface area contributed by atoms with Crippen molar-refractivity contribution >= 4 is 28.8 Å². The highest BCUT2D eigenvalue weighted by molar-refractivity contribution is 7.98. The standard InChI is InChI=1S/C27H29N3O2S/c1-17-9-6-7-12-24(17)33-30-26(31)22-11-8-10-18(28-22)15-21-20-14-13-19(32-5)16-23(20)29-25(21)27(2,3)4/h6-14,16,29H,15H2,1-5H3,(H,30,31). The van der Waals surface area contributed by atoms with Crippen molar-refractivity contribution < 1.29 is 9.53 Å². The van der Waals surface area contributed by atoms with Gasteiger partial charge in [0, 0.05) is 45.1 Å². The Kier molecular flexibility index (Phi) is 6.47. The number of amides is 1. The second-order valence-corrected chi connectivity index (χ2v) is 9.98. The molecule has 170 valence electrons. The molecule has 0 fully saturated rings. The smallest absolute Gasteiger partial charge is 0.279 e. The van der Waals surface area contributed by atoms with E-state index < -0.39 is 0 Å². The van der Waals surface area contributed by atoms with Crippen LogP contribution in [0.25, 0.3) is 10.9 Å². The number of pyridine rings is 1. The molecule has 2 heterocycles. The first-order valence-corrected chi connectivity index (χ1v) is 11.8. The molecule has 0 aliphatic rings. The lowest BCUT2D eigenvalue weighted by molar-refractivity contribution is 0.0979. The average Bonchev–Trinajstić information content (AvgIpc) is 3.16. The number of aryl methyl sites for hydroxylation is 1. The Morgan fingerprint density at radius 2 is 1.88 bits per heavy atom. The van der Waals surface area contributed by atoms with Gasteiger partial charge in [-0.15, -0.1) is 0 Å². The molecule has 2 N–H and O–H groups in total. The van der Waals surface area contributed by atoms with E-state index in [0.29, 0.717) is 12.1 Å². The van der Waals surface area contributed by atoms with Crippen LogP contribution in [0.15, 0.2) is 65.6 Å². The Labute approximate surface area is 199 Å². The normalized spacial score (nSPS) is 11.5. The number of hydrogen-bond acceptors (Lipinski definition) is 4. The third kappa shape index (κ3) is 5.06. The van der Waals surface area contributed by atoms with Crippen LogP contribution < -0.4 is 9.46 Å². The molecule has 0 unspecified atom stereocenters. The lowest BCUT2D eigenvalue weighted by Gasteiger charge is -2.19. The van der Waals surface area contributed by atoms with Crippen molar-refractivity contribution in [3.63, 3.8) is 0 Å². The molecule has 0 aliphatic heterocycles. The fourth-order valence-corrected chi connectivity index (χ4v) is 4.58. The topological polar surface area (TPSA) is 67.0 Å². The summed E-state index contributed by atoms with van der Waals surface area (Å²) in [5, 5.41) is 1.15. The summed E-state index contributed by atoms with van der Waals surface area (Å²) in [6, 6.07) is 19.7. The molecular weight excluding hydrogens is 430 g/mol. The SMILES string of the molecule is COc1ccc2c(Cc3cccc(C(=O)NSc4ccccc4C)n3)c(C(C)(C)C)[nH]c2c1. The summed E-state index contributed by atoms with van der Waals surface area (Å²) in [4.78, 5) is 22.1. The van der Waals surface area contributed by atoms with E-state index in [4.69, 9.17) is 4.74 Å². The number of aromatic nitrogens is 2. The number of hydrogen-bond donors (Lipinski definition) is 2. The molecule has 2 aromatic carbocycles. The van der Waals surface area contributed by atoms with Crippen LogP contribution in [0.1, 0.15) is 53.8 Å². The predicted octanol–water partition coefficient (Wildman–Crippen LogP) is 6.21. The van der Waals surface area contributed by atoms with Crippen molar-refractivity contribution in [2.75, 3.05) is 7.11 Å². The Balaban J connectivity index is 1.60. The minimum absolute atomic E-state index is 0.0687. The summed E-state index contributed by atoms with van der Waals surface area (Å²) in [5.74, 6) is 0.614. The third-order valence-electron chi connectivity index (χ3n) is 5.61. The molecule has 0 atom stereocenters. The maximum Gasteiger partial charge on any atom is 0.279 e. The molecule has 4 aromatic rings. The van der Waals surface area contributed by atoms with Crippen molar-refractivity contribution in [3.05, 3.63) is 88.9 Å². The Hall–Kier alpha value is -3.25. The summed E-state index contributed by atoms with van der Waals surface area (Å²) in [6.07, 6.45) is 0.630. The quantitative estimate of drug-likeness (QED) is 0.337. The van der Waals surface area contributed by atoms with Gasteiger partial charge in [-0.25, -0.2) is 4.98 Å². The lowest BCUT2D eigenvalue weighted by Crippen LogP contribution is -2.18. The number of nitrogens with zero attached hydrogens (tertiary/aromatic N) is 1. The molecule has 33 heavy (non-hydrogen) atoms. The Bertz CT molecular complexity index is 1300. The van der Waals surface area contributed by atoms with E-state index in [9.17, 15) is 4.79 Å². The highest BCUT2D eigenvalue weighted by Gasteiger charge is 2.23. The number of aromatic amines is 1. The molecule has 0 spiro atoms. The van der Waals surface area contributed by atoms with Gasteiger partial charge in [0.1, 0.15) is 11.4 Å². The molecule has 4 rings (SSSR count). The fraction of sp³-hybridized carbons (Fsp3) is 0.259. The maximum absolute atomic E-state index is 12.8. The van der Waals surface area contributed by atoms with Gasteiger partial charge in [0.2, 0.25) is 0 Å². The molecule has 5 nitrogen and oxygen atoms in total. The summed E-state index contributed by atoms with van der Waals surface area (Å²) < 4.78 is 8.32. The lowest BCUT2D eigenvalue weighted by atomic mass is 9.87. The molecule has 0 saturated heterocycles. The molecule has 1 amide bonds. The van der Waals surface area contributed by atoms with E-state index >= 15 is 0 Å². The fourth-order valence-electron chi connectivity index (χ4n) is 3.90. The van der Waals surface area contributed by atoms with Crippen LogP contribution in [0.3, 0.4) is 0 Å². The van der Waals surface area contributed by atoms with E-state index in [1.165, 1.54) is 17.5 Å². The second kappa shape index (κ2) is 9.32. The molecule has 0 aliphatic carbocycles. The van der Waals surface area contributed by atoms with E-state index in [1.807, 2.05) is 55.5 Å². The van der Waals surface area contributed by atoms with Gasteiger partial charge in [-0.3, -0.25) is 9.52 Å². The van der Waals surface area contributed by atoms with E-state index in [0.717, 1.165) is 38.5 Å². The van der Waals surface area contributed by atoms with Crippen molar-refractivity contribution in [2.45, 2.75) is 44.4 Å². The average molecular weight is 460 g/mol. The van der Waals surface area contributed by atoms with Crippen LogP contribution >= 0.6 is 11.9 Å². The first-order chi connectivity index (χ1) is 15.8. The van der Waals surface area contributed by atoms with Crippen LogP contribution in [0.4, 0.5) is 0 Å². The van der Waals surface area contributed by atoms with Gasteiger partial charge in [0.25, 0.3) is 5.91 Å². The van der Waals surface area contributed by atoms with E-state index in [2.05, 4.69) is 41.5 Å². The number of nitrogens with one attached hydrogen (secondary N) is 2. The van der Waals surface area contributed by atoms with Gasteiger partial charge in [-0.1, -0.05) is 45.0 Å². The Morgan fingerprint density at radius 3 is 2.61 bits per heavy atom. The van der Waals surface area contributed by atoms with Gasteiger partial charge in [-0.2, -0.15) is 0 Å². The molecular formula is C27H29N3O2S. The zero-order chi connectivity index (χ0) is 23.6. The molecule has 6 heteroatoms. The minimum atomic E-state index is -0.204. The first kappa shape index (κ1) is 22.9. The maximum atomic E-state index is 12.8. The molecule has 0 radical (unpaired) electrons. The summed E-state index contributed by atoms with van der Waals surface area (Å²) in [6.45, 7) is 8.60. The molecule has 0 bridgehead atoms. The van der Waals surface area contributed by atoms with Gasteiger partial charge >= 0.3 is 0 Å². The van der Waals surface area contributed by atoms with Gasteiger partial charge in [0.15, 0.2) is 0 Å². The van der Waals surface area contributed by atoms with Gasteiger partial charge in [0.05, 0.1) is 7.11 Å². The van der Waals surface area contributed by atoms with Gasteiger partial charge in [-0.05, 0) is 60.3 Å². The van der Waals surface area contributed by atoms with Crippen molar-refractivity contribution in [1.29, 1.82) is 0 Å². The van der Waals surface area contributed by atoms with Gasteiger partial charge < -0.3 is 9.72 Å². The summed E-state index contributed by atoms with van der Waals surface area (Å²) in [5.41, 5.74) is 5.71. The molecule has 2 aromatic heterocycles. The Morgan fingerprint density at radius 1 is 1.09 bits per heavy atom. The van der Waals surface area contributed by atoms with Crippen LogP contribution in [0.2, 0.25) is 0 Å². The largest absolute Gasteiger partial charge is 0.497 e. The number of H-pyrrole nitrogens is 1. The third-order valence-corrected chi connectivity index (χ3v) is 6.57. The number of ether oxygens (including phenoxy) is 1. The minimum Gasteiger partial charge on any atom is -0.497 e. The first-order valence-electron chi connectivity index (χ1n) is 10.9. The van der Waals surface area contributed by atoms with E-state index in [1.54, 1.807) is 13.2 Å². The summed E-state index contributed by atoms with van der Waals surface area (Å²) in [7, 11) is 1.67. The van der Waals surface area contributed by atoms with Crippen LogP contribution in [0.5, 0.6) is 5.75 Å². The number of methoxy groups -OCH3 is 1. The summed E-state index contributed by atoms with van der Waals surface area (Å²) >= 11 is 1.32. The highest BCUT2D eigenvalue weighted by atomic mass is 32.2. The van der Waals surface area contributed by atoms with Crippen LogP contribution in [-0.2, 0) is 11.8 Å².